The molecule has 0 saturated heterocycles. The molecule has 2 aromatic rings. The van der Waals surface area contributed by atoms with Crippen LogP contribution in [0, 0.1) is 0 Å². The summed E-state index contributed by atoms with van der Waals surface area (Å²) in [6.07, 6.45) is 4.08. The van der Waals surface area contributed by atoms with Crippen LogP contribution in [0.4, 0.5) is 0 Å². The standard InChI is InChI=1S/C14H20N2OS/c1-3-9-16-13(7-8-15-16)14(17)10-12-6-5-11(4-2)18-12/h5-8,14,17H,3-4,9-10H2,1-2H3. The molecule has 0 fully saturated rings. The number of aromatic nitrogens is 2. The molecular weight excluding hydrogens is 244 g/mol. The molecule has 3 nitrogen and oxygen atoms in total. The monoisotopic (exact) mass is 264 g/mol. The third kappa shape index (κ3) is 3.00. The van der Waals surface area contributed by atoms with Gasteiger partial charge in [0.2, 0.25) is 0 Å². The van der Waals surface area contributed by atoms with Gasteiger partial charge in [-0.1, -0.05) is 13.8 Å². The van der Waals surface area contributed by atoms with Gasteiger partial charge in [-0.15, -0.1) is 11.3 Å². The topological polar surface area (TPSA) is 38.0 Å². The van der Waals surface area contributed by atoms with Gasteiger partial charge in [-0.3, -0.25) is 4.68 Å². The number of aliphatic hydroxyl groups excluding tert-OH is 1. The molecule has 0 saturated carbocycles. The Morgan fingerprint density at radius 3 is 2.72 bits per heavy atom. The minimum Gasteiger partial charge on any atom is -0.386 e. The van der Waals surface area contributed by atoms with Gasteiger partial charge < -0.3 is 5.11 Å². The summed E-state index contributed by atoms with van der Waals surface area (Å²) in [7, 11) is 0. The van der Waals surface area contributed by atoms with Crippen molar-refractivity contribution >= 4 is 11.3 Å². The molecule has 0 aliphatic rings. The molecule has 0 aliphatic carbocycles. The average Bonchev–Trinajstić information content (AvgIpc) is 2.98. The maximum absolute atomic E-state index is 10.3. The second-order valence-corrected chi connectivity index (χ2v) is 5.67. The molecule has 1 atom stereocenters. The predicted molar refractivity (Wildman–Crippen MR) is 74.9 cm³/mol. The van der Waals surface area contributed by atoms with Crippen LogP contribution in [0.5, 0.6) is 0 Å². The van der Waals surface area contributed by atoms with Crippen molar-refractivity contribution in [3.63, 3.8) is 0 Å². The number of rotatable bonds is 6. The van der Waals surface area contributed by atoms with Crippen molar-refractivity contribution in [2.24, 2.45) is 0 Å². The van der Waals surface area contributed by atoms with E-state index in [0.29, 0.717) is 6.42 Å². The van der Waals surface area contributed by atoms with E-state index in [0.717, 1.165) is 25.1 Å². The fraction of sp³-hybridized carbons (Fsp3) is 0.500. The third-order valence-electron chi connectivity index (χ3n) is 2.99. The van der Waals surface area contributed by atoms with E-state index in [-0.39, 0.29) is 0 Å². The van der Waals surface area contributed by atoms with E-state index in [2.05, 4.69) is 31.1 Å². The SMILES string of the molecule is CCCn1nccc1C(O)Cc1ccc(CC)s1. The quantitative estimate of drug-likeness (QED) is 0.870. The molecule has 0 aromatic carbocycles. The van der Waals surface area contributed by atoms with E-state index in [4.69, 9.17) is 0 Å². The zero-order valence-electron chi connectivity index (χ0n) is 11.0. The van der Waals surface area contributed by atoms with Crippen LogP contribution in [0.3, 0.4) is 0 Å². The van der Waals surface area contributed by atoms with Gasteiger partial charge in [0.25, 0.3) is 0 Å². The molecule has 0 amide bonds. The van der Waals surface area contributed by atoms with Gasteiger partial charge in [-0.2, -0.15) is 5.10 Å². The van der Waals surface area contributed by atoms with E-state index in [1.54, 1.807) is 17.5 Å². The molecule has 0 radical (unpaired) electrons. The summed E-state index contributed by atoms with van der Waals surface area (Å²) in [5.74, 6) is 0. The molecule has 4 heteroatoms. The van der Waals surface area contributed by atoms with Crippen molar-refractivity contribution in [2.45, 2.75) is 45.8 Å². The van der Waals surface area contributed by atoms with Gasteiger partial charge in [0.1, 0.15) is 6.10 Å². The van der Waals surface area contributed by atoms with Crippen LogP contribution in [0.25, 0.3) is 0 Å². The Morgan fingerprint density at radius 1 is 1.28 bits per heavy atom. The molecule has 98 valence electrons. The maximum atomic E-state index is 10.3. The lowest BCUT2D eigenvalue weighted by Gasteiger charge is -2.12. The maximum Gasteiger partial charge on any atom is 0.100 e. The Balaban J connectivity index is 2.06. The first-order valence-corrected chi connectivity index (χ1v) is 7.33. The summed E-state index contributed by atoms with van der Waals surface area (Å²) in [6.45, 7) is 5.14. The van der Waals surface area contributed by atoms with Crippen molar-refractivity contribution in [1.82, 2.24) is 9.78 Å². The summed E-state index contributed by atoms with van der Waals surface area (Å²) < 4.78 is 1.90. The van der Waals surface area contributed by atoms with E-state index in [1.165, 1.54) is 9.75 Å². The van der Waals surface area contributed by atoms with Gasteiger partial charge in [0.15, 0.2) is 0 Å². The number of thiophene rings is 1. The number of hydrogen-bond donors (Lipinski definition) is 1. The van der Waals surface area contributed by atoms with Crippen molar-refractivity contribution in [2.75, 3.05) is 0 Å². The molecule has 0 spiro atoms. The molecule has 1 unspecified atom stereocenters. The van der Waals surface area contributed by atoms with Gasteiger partial charge in [0.05, 0.1) is 5.69 Å². The molecule has 2 rings (SSSR count). The number of aliphatic hydroxyl groups is 1. The zero-order valence-corrected chi connectivity index (χ0v) is 11.8. The predicted octanol–water partition coefficient (Wildman–Crippen LogP) is 3.19. The molecule has 1 N–H and O–H groups in total. The lowest BCUT2D eigenvalue weighted by atomic mass is 10.1. The van der Waals surface area contributed by atoms with Crippen molar-refractivity contribution in [1.29, 1.82) is 0 Å². The van der Waals surface area contributed by atoms with E-state index in [1.807, 2.05) is 10.7 Å². The van der Waals surface area contributed by atoms with E-state index in [9.17, 15) is 5.11 Å². The van der Waals surface area contributed by atoms with Gasteiger partial charge in [-0.05, 0) is 31.0 Å². The molecule has 0 aliphatic heterocycles. The highest BCUT2D eigenvalue weighted by atomic mass is 32.1. The van der Waals surface area contributed by atoms with Crippen molar-refractivity contribution < 1.29 is 5.11 Å². The molecular formula is C14H20N2OS. The average molecular weight is 264 g/mol. The summed E-state index contributed by atoms with van der Waals surface area (Å²) in [5.41, 5.74) is 0.920. The highest BCUT2D eigenvalue weighted by molar-refractivity contribution is 7.11. The lowest BCUT2D eigenvalue weighted by Crippen LogP contribution is -2.10. The molecule has 2 heterocycles. The first-order valence-electron chi connectivity index (χ1n) is 6.52. The van der Waals surface area contributed by atoms with E-state index < -0.39 is 6.10 Å². The Labute approximate surface area is 112 Å². The second kappa shape index (κ2) is 6.16. The number of aryl methyl sites for hydroxylation is 2. The van der Waals surface area contributed by atoms with Crippen LogP contribution in [-0.2, 0) is 19.4 Å². The fourth-order valence-electron chi connectivity index (χ4n) is 2.04. The number of nitrogens with zero attached hydrogens (tertiary/aromatic N) is 2. The van der Waals surface area contributed by atoms with E-state index >= 15 is 0 Å². The molecule has 2 aromatic heterocycles. The van der Waals surface area contributed by atoms with Crippen LogP contribution in [-0.4, -0.2) is 14.9 Å². The van der Waals surface area contributed by atoms with Crippen molar-refractivity contribution in [3.8, 4) is 0 Å². The second-order valence-electron chi connectivity index (χ2n) is 4.42. The van der Waals surface area contributed by atoms with Crippen LogP contribution < -0.4 is 0 Å². The smallest absolute Gasteiger partial charge is 0.100 e. The Morgan fingerprint density at radius 2 is 2.06 bits per heavy atom. The highest BCUT2D eigenvalue weighted by Crippen LogP contribution is 2.24. The Kier molecular flexibility index (Phi) is 4.55. The molecule has 18 heavy (non-hydrogen) atoms. The van der Waals surface area contributed by atoms with Crippen LogP contribution in [0.2, 0.25) is 0 Å². The summed E-state index contributed by atoms with van der Waals surface area (Å²) in [6, 6.07) is 6.18. The van der Waals surface area contributed by atoms with Crippen LogP contribution in [0.15, 0.2) is 24.4 Å². The Bertz CT molecular complexity index is 489. The third-order valence-corrected chi connectivity index (χ3v) is 4.24. The summed E-state index contributed by atoms with van der Waals surface area (Å²) in [4.78, 5) is 2.61. The summed E-state index contributed by atoms with van der Waals surface area (Å²) >= 11 is 1.79. The first-order chi connectivity index (χ1) is 8.74. The van der Waals surface area contributed by atoms with Gasteiger partial charge >= 0.3 is 0 Å². The minimum absolute atomic E-state index is 0.456. The largest absolute Gasteiger partial charge is 0.386 e. The van der Waals surface area contributed by atoms with Crippen LogP contribution >= 0.6 is 11.3 Å². The highest BCUT2D eigenvalue weighted by Gasteiger charge is 2.14. The normalized spacial score (nSPS) is 12.8. The summed E-state index contributed by atoms with van der Waals surface area (Å²) in [5, 5.41) is 14.5. The molecule has 0 bridgehead atoms. The van der Waals surface area contributed by atoms with Gasteiger partial charge in [-0.25, -0.2) is 0 Å². The zero-order chi connectivity index (χ0) is 13.0. The lowest BCUT2D eigenvalue weighted by molar-refractivity contribution is 0.167. The fourth-order valence-corrected chi connectivity index (χ4v) is 3.04. The van der Waals surface area contributed by atoms with Gasteiger partial charge in [0, 0.05) is 28.9 Å². The number of hydrogen-bond acceptors (Lipinski definition) is 3. The van der Waals surface area contributed by atoms with Crippen LogP contribution in [0.1, 0.15) is 41.8 Å². The Hall–Kier alpha value is -1.13. The minimum atomic E-state index is -0.456. The van der Waals surface area contributed by atoms with Crippen molar-refractivity contribution in [3.05, 3.63) is 39.8 Å². The first kappa shape index (κ1) is 13.3.